The third-order valence-corrected chi connectivity index (χ3v) is 7.01. The highest BCUT2D eigenvalue weighted by molar-refractivity contribution is 5.83. The molecular formula is C33H42N6. The van der Waals surface area contributed by atoms with E-state index in [0.29, 0.717) is 17.9 Å². The van der Waals surface area contributed by atoms with Gasteiger partial charge in [0, 0.05) is 36.0 Å². The highest BCUT2D eigenvalue weighted by Gasteiger charge is 2.10. The number of pyridine rings is 1. The van der Waals surface area contributed by atoms with Crippen LogP contribution in [0.1, 0.15) is 82.2 Å². The number of fused-ring (bicyclic) bond motifs is 3. The summed E-state index contributed by atoms with van der Waals surface area (Å²) in [4.78, 5) is 4.55. The van der Waals surface area contributed by atoms with Crippen LogP contribution in [0.2, 0.25) is 0 Å². The summed E-state index contributed by atoms with van der Waals surface area (Å²) in [7, 11) is 1.98. The molecule has 2 aromatic carbocycles. The topological polar surface area (TPSA) is 52.9 Å². The van der Waals surface area contributed by atoms with Crippen molar-refractivity contribution >= 4 is 27.3 Å². The predicted molar refractivity (Wildman–Crippen MR) is 164 cm³/mol. The van der Waals surface area contributed by atoms with Crippen molar-refractivity contribution in [2.24, 2.45) is 7.05 Å². The summed E-state index contributed by atoms with van der Waals surface area (Å²) in [6.45, 7) is 17.2. The van der Waals surface area contributed by atoms with Crippen LogP contribution in [0, 0.1) is 13.8 Å². The third kappa shape index (κ3) is 5.90. The van der Waals surface area contributed by atoms with Crippen molar-refractivity contribution in [1.29, 1.82) is 0 Å². The first-order chi connectivity index (χ1) is 18.6. The molecule has 0 aliphatic rings. The van der Waals surface area contributed by atoms with Crippen LogP contribution in [0.5, 0.6) is 0 Å². The van der Waals surface area contributed by atoms with Crippen molar-refractivity contribution in [2.45, 2.75) is 73.3 Å². The zero-order chi connectivity index (χ0) is 28.3. The Morgan fingerprint density at radius 3 is 2.03 bits per heavy atom. The molecule has 0 saturated heterocycles. The molecule has 4 heterocycles. The Kier molecular flexibility index (Phi) is 8.54. The summed E-state index contributed by atoms with van der Waals surface area (Å²) in [5.41, 5.74) is 7.27. The molecule has 0 unspecified atom stereocenters. The molecule has 6 nitrogen and oxygen atoms in total. The van der Waals surface area contributed by atoms with E-state index in [2.05, 4.69) is 134 Å². The maximum absolute atomic E-state index is 4.55. The fraction of sp³-hybridized carbons (Fsp3) is 0.364. The second-order valence-corrected chi connectivity index (χ2v) is 11.0. The van der Waals surface area contributed by atoms with Crippen LogP contribution in [0.15, 0.2) is 73.1 Å². The lowest BCUT2D eigenvalue weighted by atomic mass is 10.00. The van der Waals surface area contributed by atoms with Gasteiger partial charge in [-0.25, -0.2) is 4.98 Å². The number of imidazole rings is 1. The van der Waals surface area contributed by atoms with Gasteiger partial charge in [-0.1, -0.05) is 64.1 Å². The van der Waals surface area contributed by atoms with Gasteiger partial charge in [0.2, 0.25) is 0 Å². The van der Waals surface area contributed by atoms with Crippen molar-refractivity contribution in [3.05, 3.63) is 95.8 Å². The standard InChI is InChI=1S/3C11H14N2/c1-8(2)9-5-4-6-11-10(9)7-12-13(11)3;1-8(2)11-12-9(3)10-6-4-5-7-13(10)11;1-8(2)13-11-7-5-4-6-10(11)9(3)12-13/h3*4-8H,1-3H3. The molecule has 39 heavy (non-hydrogen) atoms. The summed E-state index contributed by atoms with van der Waals surface area (Å²) in [5.74, 6) is 2.18. The summed E-state index contributed by atoms with van der Waals surface area (Å²) >= 11 is 0. The van der Waals surface area contributed by atoms with Gasteiger partial charge in [-0.05, 0) is 63.4 Å². The van der Waals surface area contributed by atoms with Crippen LogP contribution in [-0.4, -0.2) is 28.9 Å². The molecule has 4 aromatic heterocycles. The second kappa shape index (κ2) is 11.9. The van der Waals surface area contributed by atoms with Crippen LogP contribution in [0.3, 0.4) is 0 Å². The van der Waals surface area contributed by atoms with Crippen LogP contribution in [-0.2, 0) is 7.05 Å². The molecule has 0 atom stereocenters. The number of hydrogen-bond donors (Lipinski definition) is 0. The minimum Gasteiger partial charge on any atom is -0.303 e. The number of aromatic nitrogens is 6. The molecule has 6 rings (SSSR count). The van der Waals surface area contributed by atoms with Gasteiger partial charge in [0.25, 0.3) is 0 Å². The van der Waals surface area contributed by atoms with E-state index >= 15 is 0 Å². The fourth-order valence-corrected chi connectivity index (χ4v) is 4.97. The Balaban J connectivity index is 0.000000136. The quantitative estimate of drug-likeness (QED) is 0.234. The minimum absolute atomic E-state index is 0.429. The molecule has 0 spiro atoms. The SMILES string of the molecule is CC(C)c1cccc2c1cnn2C.Cc1nc(C(C)C)n2ccccc12.Cc1nn(C(C)C)c2ccccc12. The first-order valence-corrected chi connectivity index (χ1v) is 13.9. The van der Waals surface area contributed by atoms with Gasteiger partial charge >= 0.3 is 0 Å². The van der Waals surface area contributed by atoms with Crippen molar-refractivity contribution in [1.82, 2.24) is 28.9 Å². The Hall–Kier alpha value is -3.93. The molecule has 0 aliphatic heterocycles. The number of aryl methyl sites for hydroxylation is 3. The van der Waals surface area contributed by atoms with E-state index < -0.39 is 0 Å². The summed E-state index contributed by atoms with van der Waals surface area (Å²) < 4.78 is 6.16. The van der Waals surface area contributed by atoms with E-state index in [0.717, 1.165) is 17.2 Å². The molecular weight excluding hydrogens is 480 g/mol. The molecule has 0 radical (unpaired) electrons. The monoisotopic (exact) mass is 522 g/mol. The zero-order valence-corrected chi connectivity index (χ0v) is 24.8. The lowest BCUT2D eigenvalue weighted by molar-refractivity contribution is 0.547. The Bertz CT molecular complexity index is 1590. The van der Waals surface area contributed by atoms with Crippen molar-refractivity contribution < 1.29 is 0 Å². The number of hydrogen-bond acceptors (Lipinski definition) is 3. The largest absolute Gasteiger partial charge is 0.303 e. The first kappa shape index (κ1) is 28.1. The highest BCUT2D eigenvalue weighted by atomic mass is 15.3. The van der Waals surface area contributed by atoms with Gasteiger partial charge in [-0.2, -0.15) is 10.2 Å². The normalized spacial score (nSPS) is 11.4. The van der Waals surface area contributed by atoms with Crippen LogP contribution >= 0.6 is 0 Å². The van der Waals surface area contributed by atoms with Crippen LogP contribution < -0.4 is 0 Å². The predicted octanol–water partition coefficient (Wildman–Crippen LogP) is 8.39. The van der Waals surface area contributed by atoms with Crippen molar-refractivity contribution in [2.75, 3.05) is 0 Å². The number of rotatable bonds is 3. The van der Waals surface area contributed by atoms with Crippen LogP contribution in [0.25, 0.3) is 27.3 Å². The van der Waals surface area contributed by atoms with Gasteiger partial charge < -0.3 is 4.40 Å². The molecule has 0 saturated carbocycles. The minimum atomic E-state index is 0.429. The maximum Gasteiger partial charge on any atom is 0.116 e. The van der Waals surface area contributed by atoms with Gasteiger partial charge in [-0.15, -0.1) is 0 Å². The van der Waals surface area contributed by atoms with Gasteiger partial charge in [-0.3, -0.25) is 9.36 Å². The average Bonchev–Trinajstić information content (AvgIpc) is 3.58. The zero-order valence-electron chi connectivity index (χ0n) is 24.8. The summed E-state index contributed by atoms with van der Waals surface area (Å²) in [6, 6.07) is 21.4. The number of nitrogens with zero attached hydrogens (tertiary/aromatic N) is 6. The van der Waals surface area contributed by atoms with E-state index in [1.807, 2.05) is 30.1 Å². The summed E-state index contributed by atoms with van der Waals surface area (Å²) in [5, 5.41) is 11.3. The molecule has 0 aliphatic carbocycles. The van der Waals surface area contributed by atoms with Gasteiger partial charge in [0.15, 0.2) is 0 Å². The molecule has 6 heteroatoms. The number of para-hydroxylation sites is 1. The van der Waals surface area contributed by atoms with E-state index in [9.17, 15) is 0 Å². The molecule has 0 N–H and O–H groups in total. The molecule has 0 bridgehead atoms. The third-order valence-electron chi connectivity index (χ3n) is 7.01. The number of benzene rings is 2. The Morgan fingerprint density at radius 1 is 0.667 bits per heavy atom. The van der Waals surface area contributed by atoms with Crippen molar-refractivity contribution in [3.63, 3.8) is 0 Å². The second-order valence-electron chi connectivity index (χ2n) is 11.0. The first-order valence-electron chi connectivity index (χ1n) is 13.9. The van der Waals surface area contributed by atoms with E-state index in [1.165, 1.54) is 32.9 Å². The van der Waals surface area contributed by atoms with E-state index in [4.69, 9.17) is 0 Å². The van der Waals surface area contributed by atoms with E-state index in [1.54, 1.807) is 0 Å². The highest BCUT2D eigenvalue weighted by Crippen LogP contribution is 2.24. The molecule has 0 fully saturated rings. The van der Waals surface area contributed by atoms with Gasteiger partial charge in [0.1, 0.15) is 5.82 Å². The summed E-state index contributed by atoms with van der Waals surface area (Å²) in [6.07, 6.45) is 4.02. The fourth-order valence-electron chi connectivity index (χ4n) is 4.97. The Labute approximate surface area is 232 Å². The average molecular weight is 523 g/mol. The maximum atomic E-state index is 4.55. The smallest absolute Gasteiger partial charge is 0.116 e. The lowest BCUT2D eigenvalue weighted by Gasteiger charge is -2.06. The van der Waals surface area contributed by atoms with Crippen LogP contribution in [0.4, 0.5) is 0 Å². The van der Waals surface area contributed by atoms with E-state index in [-0.39, 0.29) is 0 Å². The molecule has 204 valence electrons. The Morgan fingerprint density at radius 2 is 1.33 bits per heavy atom. The van der Waals surface area contributed by atoms with Gasteiger partial charge in [0.05, 0.1) is 34.1 Å². The lowest BCUT2D eigenvalue weighted by Crippen LogP contribution is -2.02. The molecule has 0 amide bonds. The van der Waals surface area contributed by atoms with Crippen molar-refractivity contribution in [3.8, 4) is 0 Å². The molecule has 6 aromatic rings.